The average molecular weight is 758 g/mol. The maximum absolute atomic E-state index is 12.5. The van der Waals surface area contributed by atoms with Gasteiger partial charge in [0.2, 0.25) is 0 Å². The van der Waals surface area contributed by atoms with Gasteiger partial charge in [-0.2, -0.15) is 21.6 Å². The largest absolute Gasteiger partial charge is 0.534 e. The molecule has 0 saturated heterocycles. The second-order valence-corrected chi connectivity index (χ2v) is 12.4. The van der Waals surface area contributed by atoms with E-state index in [0.29, 0.717) is 51.3 Å². The minimum Gasteiger partial charge on any atom is -0.493 e. The molecule has 2 aromatic carbocycles. The van der Waals surface area contributed by atoms with E-state index in [0.717, 1.165) is 34.9 Å². The number of aryl methyl sites for hydroxylation is 2. The first-order chi connectivity index (χ1) is 24.8. The van der Waals surface area contributed by atoms with Gasteiger partial charge < -0.3 is 32.6 Å². The molecule has 0 spiro atoms. The van der Waals surface area contributed by atoms with Crippen LogP contribution in [0.3, 0.4) is 0 Å². The Morgan fingerprint density at radius 2 is 1.27 bits per heavy atom. The third-order valence-corrected chi connectivity index (χ3v) is 7.82. The number of hydrogen-bond donors (Lipinski definition) is 0. The van der Waals surface area contributed by atoms with Crippen LogP contribution in [0.5, 0.6) is 17.2 Å². The van der Waals surface area contributed by atoms with E-state index in [-0.39, 0.29) is 37.8 Å². The summed E-state index contributed by atoms with van der Waals surface area (Å²) in [5.74, 6) is -0.586. The lowest BCUT2D eigenvalue weighted by molar-refractivity contribution is -0.144. The van der Waals surface area contributed by atoms with E-state index in [4.69, 9.17) is 28.4 Å². The van der Waals surface area contributed by atoms with Crippen LogP contribution in [0.4, 0.5) is 13.2 Å². The summed E-state index contributed by atoms with van der Waals surface area (Å²) in [6.45, 7) is 5.76. The van der Waals surface area contributed by atoms with E-state index in [1.165, 1.54) is 19.2 Å². The van der Waals surface area contributed by atoms with Crippen molar-refractivity contribution in [3.05, 3.63) is 72.1 Å². The molecule has 0 unspecified atom stereocenters. The molecule has 0 aliphatic heterocycles. The zero-order chi connectivity index (χ0) is 38.4. The lowest BCUT2D eigenvalue weighted by Crippen LogP contribution is -2.28. The van der Waals surface area contributed by atoms with Crippen molar-refractivity contribution in [2.24, 2.45) is 0 Å². The maximum Gasteiger partial charge on any atom is 0.534 e. The number of aromatic nitrogens is 1. The van der Waals surface area contributed by atoms with Gasteiger partial charge >= 0.3 is 27.6 Å². The van der Waals surface area contributed by atoms with Crippen molar-refractivity contribution in [1.82, 2.24) is 4.98 Å². The van der Waals surface area contributed by atoms with Crippen LogP contribution >= 0.6 is 0 Å². The highest BCUT2D eigenvalue weighted by Gasteiger charge is 2.49. The monoisotopic (exact) mass is 757 g/mol. The number of halogens is 3. The molecule has 0 N–H and O–H groups in total. The van der Waals surface area contributed by atoms with Gasteiger partial charge in [0.05, 0.1) is 26.4 Å². The molecular formula is C36H46F3NO11S. The molecule has 1 heterocycles. The molecule has 52 heavy (non-hydrogen) atoms. The number of benzene rings is 2. The van der Waals surface area contributed by atoms with Gasteiger partial charge in [-0.3, -0.25) is 14.6 Å². The van der Waals surface area contributed by atoms with Gasteiger partial charge in [0.1, 0.15) is 5.75 Å². The highest BCUT2D eigenvalue weighted by molar-refractivity contribution is 7.88. The number of ether oxygens (including phenoxy) is 6. The number of hydrogen-bond acceptors (Lipinski definition) is 12. The fourth-order valence-corrected chi connectivity index (χ4v) is 4.86. The van der Waals surface area contributed by atoms with Crippen molar-refractivity contribution in [3.63, 3.8) is 0 Å². The van der Waals surface area contributed by atoms with Crippen LogP contribution in [-0.2, 0) is 51.5 Å². The first-order valence-electron chi connectivity index (χ1n) is 16.6. The van der Waals surface area contributed by atoms with Gasteiger partial charge in [-0.1, -0.05) is 24.3 Å². The molecule has 3 rings (SSSR count). The van der Waals surface area contributed by atoms with Crippen LogP contribution < -0.4 is 13.7 Å². The van der Waals surface area contributed by atoms with Gasteiger partial charge in [0.25, 0.3) is 0 Å². The number of methoxy groups -OCH3 is 2. The molecule has 0 bridgehead atoms. The molecule has 12 nitrogen and oxygen atoms in total. The van der Waals surface area contributed by atoms with Crippen LogP contribution in [0.1, 0.15) is 50.7 Å². The maximum atomic E-state index is 12.5. The van der Waals surface area contributed by atoms with E-state index in [9.17, 15) is 31.2 Å². The number of alkyl halides is 3. The number of pyridine rings is 1. The summed E-state index contributed by atoms with van der Waals surface area (Å²) in [7, 11) is -2.68. The minimum atomic E-state index is -5.83. The number of nitrogens with zero attached hydrogens (tertiary/aromatic N) is 1. The van der Waals surface area contributed by atoms with Crippen LogP contribution in [0.15, 0.2) is 60.9 Å². The van der Waals surface area contributed by atoms with Crippen LogP contribution in [0, 0.1) is 0 Å². The fourth-order valence-electron chi connectivity index (χ4n) is 4.39. The first-order valence-corrected chi connectivity index (χ1v) is 18.0. The zero-order valence-corrected chi connectivity index (χ0v) is 30.6. The molecule has 0 saturated carbocycles. The lowest BCUT2D eigenvalue weighted by atomic mass is 10.0. The standard InChI is InChI=1S/C20H25NO4.C16H21F3O7S/c1-3-24-20(22)10-8-16-7-9-18(17-6-4-11-21-15-17)19(14-16)25-13-5-12-23-2;1-3-24-15(20)8-6-12-5-7-13(26-27(21,22)16(17,18)19)14(11-12)25-10-4-9-23-2/h4,6-7,9,11,14-15H,3,5,8,10,12-13H2,1-2H3;5,7,11H,3-4,6,8-10H2,1-2H3. The Balaban J connectivity index is 0.000000361. The predicted octanol–water partition coefficient (Wildman–Crippen LogP) is 6.49. The third kappa shape index (κ3) is 15.9. The highest BCUT2D eigenvalue weighted by Crippen LogP contribution is 2.34. The van der Waals surface area contributed by atoms with Crippen molar-refractivity contribution in [2.45, 2.75) is 57.9 Å². The molecule has 1 aromatic heterocycles. The van der Waals surface area contributed by atoms with Crippen molar-refractivity contribution in [3.8, 4) is 28.4 Å². The Bertz CT molecular complexity index is 1620. The number of rotatable bonds is 21. The lowest BCUT2D eigenvalue weighted by Gasteiger charge is -2.15. The van der Waals surface area contributed by atoms with Crippen molar-refractivity contribution in [2.75, 3.05) is 53.9 Å². The van der Waals surface area contributed by atoms with E-state index >= 15 is 0 Å². The van der Waals surface area contributed by atoms with Gasteiger partial charge in [0.15, 0.2) is 11.5 Å². The van der Waals surface area contributed by atoms with E-state index in [1.807, 2.05) is 43.5 Å². The van der Waals surface area contributed by atoms with Crippen LogP contribution in [0.25, 0.3) is 11.1 Å². The van der Waals surface area contributed by atoms with Crippen molar-refractivity contribution >= 4 is 22.1 Å². The molecule has 3 aromatic rings. The molecule has 0 fully saturated rings. The first kappa shape index (κ1) is 43.8. The Morgan fingerprint density at radius 1 is 0.731 bits per heavy atom. The second kappa shape index (κ2) is 23.2. The summed E-state index contributed by atoms with van der Waals surface area (Å²) < 4.78 is 95.3. The molecule has 0 aliphatic rings. The average Bonchev–Trinajstić information content (AvgIpc) is 3.11. The van der Waals surface area contributed by atoms with Crippen molar-refractivity contribution < 1.29 is 63.8 Å². The van der Waals surface area contributed by atoms with Gasteiger partial charge in [-0.25, -0.2) is 0 Å². The Kier molecular flexibility index (Phi) is 19.5. The summed E-state index contributed by atoms with van der Waals surface area (Å²) in [6.07, 6.45) is 6.08. The summed E-state index contributed by atoms with van der Waals surface area (Å²) in [4.78, 5) is 27.1. The second-order valence-electron chi connectivity index (χ2n) is 10.8. The summed E-state index contributed by atoms with van der Waals surface area (Å²) in [5.41, 5.74) is -1.99. The van der Waals surface area contributed by atoms with Crippen molar-refractivity contribution in [1.29, 1.82) is 0 Å². The number of carbonyl (C=O) groups excluding carboxylic acids is 2. The zero-order valence-electron chi connectivity index (χ0n) is 29.7. The van der Waals surface area contributed by atoms with E-state index in [2.05, 4.69) is 9.17 Å². The Hall–Kier alpha value is -4.41. The normalized spacial score (nSPS) is 11.2. The van der Waals surface area contributed by atoms with E-state index in [1.54, 1.807) is 20.2 Å². The molecule has 0 radical (unpaired) electrons. The summed E-state index contributed by atoms with van der Waals surface area (Å²) in [5, 5.41) is 0. The third-order valence-electron chi connectivity index (χ3n) is 6.86. The van der Waals surface area contributed by atoms with Crippen LogP contribution in [0.2, 0.25) is 0 Å². The predicted molar refractivity (Wildman–Crippen MR) is 186 cm³/mol. The van der Waals surface area contributed by atoms with Crippen LogP contribution in [-0.4, -0.2) is 84.7 Å². The highest BCUT2D eigenvalue weighted by atomic mass is 32.2. The molecule has 0 atom stereocenters. The molecule has 0 aliphatic carbocycles. The summed E-state index contributed by atoms with van der Waals surface area (Å²) >= 11 is 0. The van der Waals surface area contributed by atoms with E-state index < -0.39 is 27.3 Å². The topological polar surface area (TPSA) is 146 Å². The molecule has 16 heteroatoms. The molecular weight excluding hydrogens is 711 g/mol. The Morgan fingerprint density at radius 3 is 1.77 bits per heavy atom. The minimum absolute atomic E-state index is 0.0536. The molecule has 0 amide bonds. The number of esters is 2. The summed E-state index contributed by atoms with van der Waals surface area (Å²) in [6, 6.07) is 13.7. The SMILES string of the molecule is CCOC(=O)CCc1ccc(-c2cccnc2)c(OCCCOC)c1.CCOC(=O)CCc1ccc(OS(=O)(=O)C(F)(F)F)c(OCCCOC)c1. The fraction of sp³-hybridized carbons (Fsp3) is 0.472. The smallest absolute Gasteiger partial charge is 0.493 e. The van der Waals surface area contributed by atoms with Gasteiger partial charge in [-0.05, 0) is 62.1 Å². The molecule has 288 valence electrons. The quantitative estimate of drug-likeness (QED) is 0.0507. The Labute approximate surface area is 302 Å². The number of carbonyl (C=O) groups is 2. The van der Waals surface area contributed by atoms with Gasteiger partial charge in [-0.15, -0.1) is 0 Å². The van der Waals surface area contributed by atoms with Gasteiger partial charge in [0, 0.05) is 76.6 Å².